The number of alkyl halides is 3. The molecule has 2 amide bonds. The number of rotatable bonds is 3. The van der Waals surface area contributed by atoms with Gasteiger partial charge in [0.2, 0.25) is 0 Å². The van der Waals surface area contributed by atoms with Crippen molar-refractivity contribution < 1.29 is 27.1 Å². The number of hydrogen-bond donors (Lipinski definition) is 1. The topological polar surface area (TPSA) is 80.2 Å². The third-order valence-corrected chi connectivity index (χ3v) is 5.69. The van der Waals surface area contributed by atoms with E-state index in [4.69, 9.17) is 4.74 Å². The number of carbonyl (C=O) groups excluding carboxylic acids is 1. The monoisotopic (exact) mass is 477 g/mol. The van der Waals surface area contributed by atoms with Gasteiger partial charge >= 0.3 is 12.2 Å². The summed E-state index contributed by atoms with van der Waals surface area (Å²) >= 11 is 0. The molecule has 1 aromatic carbocycles. The predicted octanol–water partition coefficient (Wildman–Crippen LogP) is 4.81. The van der Waals surface area contributed by atoms with Gasteiger partial charge in [-0.3, -0.25) is 0 Å². The van der Waals surface area contributed by atoms with E-state index in [1.807, 2.05) is 13.0 Å². The zero-order chi connectivity index (χ0) is 24.6. The molecule has 1 saturated heterocycles. The van der Waals surface area contributed by atoms with Crippen LogP contribution in [0.5, 0.6) is 0 Å². The number of benzene rings is 1. The van der Waals surface area contributed by atoms with Crippen molar-refractivity contribution in [2.75, 3.05) is 25.0 Å². The molecule has 1 fully saturated rings. The number of anilines is 1. The smallest absolute Gasteiger partial charge is 0.365 e. The van der Waals surface area contributed by atoms with Gasteiger partial charge in [-0.25, -0.2) is 24.1 Å². The van der Waals surface area contributed by atoms with Crippen LogP contribution in [0.3, 0.4) is 0 Å². The van der Waals surface area contributed by atoms with Crippen LogP contribution < -0.4 is 5.32 Å². The first kappa shape index (κ1) is 23.8. The lowest BCUT2D eigenvalue weighted by Gasteiger charge is -2.33. The second-order valence-corrected chi connectivity index (χ2v) is 8.10. The van der Waals surface area contributed by atoms with E-state index in [1.54, 1.807) is 20.0 Å². The summed E-state index contributed by atoms with van der Waals surface area (Å²) in [6, 6.07) is 3.74. The predicted molar refractivity (Wildman–Crippen MR) is 118 cm³/mol. The standard InChI is InChI=1S/C23H23F4N5O2/c1-4-20-28-10-14-8-16(13(3)29-21(14)31-20)15-9-18(17(24)7-12(15)2)30-22(33)32-5-6-34-19(11-32)23(25,26)27/h7-10,19H,4-6,11H2,1-3H3,(H,30,33)/t19-/m0/s1. The van der Waals surface area contributed by atoms with Crippen molar-refractivity contribution in [2.24, 2.45) is 0 Å². The van der Waals surface area contributed by atoms with E-state index in [2.05, 4.69) is 20.3 Å². The molecule has 0 bridgehead atoms. The van der Waals surface area contributed by atoms with Gasteiger partial charge in [0.15, 0.2) is 11.8 Å². The molecule has 0 radical (unpaired) electrons. The van der Waals surface area contributed by atoms with Gasteiger partial charge in [-0.05, 0) is 43.2 Å². The minimum absolute atomic E-state index is 0.0355. The Labute approximate surface area is 193 Å². The highest BCUT2D eigenvalue weighted by atomic mass is 19.4. The zero-order valence-electron chi connectivity index (χ0n) is 18.8. The maximum Gasteiger partial charge on any atom is 0.416 e. The number of amides is 2. The van der Waals surface area contributed by atoms with Crippen LogP contribution in [0.2, 0.25) is 0 Å². The Bertz CT molecular complexity index is 1250. The van der Waals surface area contributed by atoms with E-state index in [0.29, 0.717) is 45.7 Å². The van der Waals surface area contributed by atoms with Crippen molar-refractivity contribution in [1.29, 1.82) is 0 Å². The molecular formula is C23H23F4N5O2. The van der Waals surface area contributed by atoms with Gasteiger partial charge in [0.05, 0.1) is 18.8 Å². The summed E-state index contributed by atoms with van der Waals surface area (Å²) in [4.78, 5) is 26.9. The number of nitrogens with one attached hydrogen (secondary N) is 1. The molecule has 34 heavy (non-hydrogen) atoms. The summed E-state index contributed by atoms with van der Waals surface area (Å²) in [7, 11) is 0. The van der Waals surface area contributed by atoms with E-state index in [-0.39, 0.29) is 18.8 Å². The van der Waals surface area contributed by atoms with Crippen LogP contribution in [0, 0.1) is 19.7 Å². The highest BCUT2D eigenvalue weighted by Crippen LogP contribution is 2.32. The maximum atomic E-state index is 14.7. The minimum Gasteiger partial charge on any atom is -0.365 e. The number of urea groups is 1. The lowest BCUT2D eigenvalue weighted by molar-refractivity contribution is -0.233. The number of halogens is 4. The van der Waals surface area contributed by atoms with E-state index >= 15 is 0 Å². The van der Waals surface area contributed by atoms with Gasteiger partial charge in [0.25, 0.3) is 0 Å². The molecule has 1 aliphatic heterocycles. The lowest BCUT2D eigenvalue weighted by atomic mass is 9.97. The average Bonchev–Trinajstić information content (AvgIpc) is 2.79. The largest absolute Gasteiger partial charge is 0.416 e. The van der Waals surface area contributed by atoms with Crippen molar-refractivity contribution in [2.45, 2.75) is 39.5 Å². The van der Waals surface area contributed by atoms with Gasteiger partial charge < -0.3 is 15.0 Å². The molecular weight excluding hydrogens is 454 g/mol. The van der Waals surface area contributed by atoms with Crippen molar-refractivity contribution in [3.8, 4) is 11.1 Å². The second-order valence-electron chi connectivity index (χ2n) is 8.10. The molecule has 1 aliphatic rings. The number of carbonyl (C=O) groups is 1. The molecule has 1 N–H and O–H groups in total. The third-order valence-electron chi connectivity index (χ3n) is 5.69. The van der Waals surface area contributed by atoms with Crippen LogP contribution in [0.25, 0.3) is 22.2 Å². The SMILES string of the molecule is CCc1ncc2cc(-c3cc(NC(=O)N4CCO[C@H](C(F)(F)F)C4)c(F)cc3C)c(C)nc2n1. The fraction of sp³-hybridized carbons (Fsp3) is 0.391. The first-order chi connectivity index (χ1) is 16.1. The fourth-order valence-electron chi connectivity index (χ4n) is 3.82. The van der Waals surface area contributed by atoms with Gasteiger partial charge in [-0.1, -0.05) is 6.92 Å². The van der Waals surface area contributed by atoms with E-state index in [1.165, 1.54) is 12.1 Å². The molecule has 2 aromatic heterocycles. The molecule has 180 valence electrons. The number of aromatic nitrogens is 3. The summed E-state index contributed by atoms with van der Waals surface area (Å²) in [6.45, 7) is 4.51. The van der Waals surface area contributed by atoms with Crippen molar-refractivity contribution in [3.05, 3.63) is 47.3 Å². The van der Waals surface area contributed by atoms with E-state index < -0.39 is 30.7 Å². The Kier molecular flexibility index (Phi) is 6.39. The molecule has 3 heterocycles. The lowest BCUT2D eigenvalue weighted by Crippen LogP contribution is -2.52. The van der Waals surface area contributed by atoms with Gasteiger partial charge in [0.1, 0.15) is 11.6 Å². The minimum atomic E-state index is -4.59. The summed E-state index contributed by atoms with van der Waals surface area (Å²) in [5.41, 5.74) is 3.00. The summed E-state index contributed by atoms with van der Waals surface area (Å²) in [5, 5.41) is 3.11. The quantitative estimate of drug-likeness (QED) is 0.548. The van der Waals surface area contributed by atoms with Gasteiger partial charge in [-0.15, -0.1) is 0 Å². The van der Waals surface area contributed by atoms with E-state index in [0.717, 1.165) is 4.90 Å². The van der Waals surface area contributed by atoms with Crippen LogP contribution in [0.15, 0.2) is 24.4 Å². The van der Waals surface area contributed by atoms with Gasteiger partial charge in [0, 0.05) is 35.8 Å². The number of ether oxygens (including phenoxy) is 1. The van der Waals surface area contributed by atoms with Crippen LogP contribution >= 0.6 is 0 Å². The van der Waals surface area contributed by atoms with Crippen molar-refractivity contribution in [3.63, 3.8) is 0 Å². The number of aryl methyl sites for hydroxylation is 3. The summed E-state index contributed by atoms with van der Waals surface area (Å²) in [5.74, 6) is -0.0245. The molecule has 0 spiro atoms. The number of nitrogens with zero attached hydrogens (tertiary/aromatic N) is 4. The molecule has 1 atom stereocenters. The van der Waals surface area contributed by atoms with Crippen molar-refractivity contribution in [1.82, 2.24) is 19.9 Å². The average molecular weight is 477 g/mol. The summed E-state index contributed by atoms with van der Waals surface area (Å²) in [6.07, 6.45) is -4.32. The maximum absolute atomic E-state index is 14.7. The van der Waals surface area contributed by atoms with Crippen LogP contribution in [-0.4, -0.2) is 57.9 Å². The fourth-order valence-corrected chi connectivity index (χ4v) is 3.82. The van der Waals surface area contributed by atoms with E-state index in [9.17, 15) is 22.4 Å². The van der Waals surface area contributed by atoms with Crippen LogP contribution in [0.1, 0.15) is 24.0 Å². The normalized spacial score (nSPS) is 16.7. The van der Waals surface area contributed by atoms with Crippen LogP contribution in [-0.2, 0) is 11.2 Å². The van der Waals surface area contributed by atoms with Gasteiger partial charge in [-0.2, -0.15) is 13.2 Å². The molecule has 7 nitrogen and oxygen atoms in total. The molecule has 0 aliphatic carbocycles. The zero-order valence-corrected chi connectivity index (χ0v) is 18.8. The number of pyridine rings is 1. The summed E-state index contributed by atoms with van der Waals surface area (Å²) < 4.78 is 58.4. The first-order valence-electron chi connectivity index (χ1n) is 10.7. The number of fused-ring (bicyclic) bond motifs is 1. The second kappa shape index (κ2) is 9.13. The molecule has 0 saturated carbocycles. The Hall–Kier alpha value is -3.34. The Balaban J connectivity index is 1.64. The third kappa shape index (κ3) is 4.79. The van der Waals surface area contributed by atoms with Crippen molar-refractivity contribution >= 4 is 22.8 Å². The Morgan fingerprint density at radius 3 is 2.68 bits per heavy atom. The highest BCUT2D eigenvalue weighted by Gasteiger charge is 2.44. The number of hydrogen-bond acceptors (Lipinski definition) is 5. The number of morpholine rings is 1. The van der Waals surface area contributed by atoms with Crippen LogP contribution in [0.4, 0.5) is 28.0 Å². The molecule has 11 heteroatoms. The molecule has 4 rings (SSSR count). The highest BCUT2D eigenvalue weighted by molar-refractivity contribution is 5.91. The first-order valence-corrected chi connectivity index (χ1v) is 10.7. The Morgan fingerprint density at radius 2 is 1.97 bits per heavy atom. The Morgan fingerprint density at radius 1 is 1.21 bits per heavy atom. The molecule has 0 unspecified atom stereocenters. The molecule has 3 aromatic rings.